The number of hydrogen-bond acceptors (Lipinski definition) is 5. The zero-order valence-electron chi connectivity index (χ0n) is 13.2. The molecule has 3 aromatic rings. The van der Waals surface area contributed by atoms with Gasteiger partial charge in [0.15, 0.2) is 4.34 Å². The summed E-state index contributed by atoms with van der Waals surface area (Å²) in [6.45, 7) is 1.99. The van der Waals surface area contributed by atoms with E-state index < -0.39 is 0 Å². The van der Waals surface area contributed by atoms with Crippen molar-refractivity contribution in [2.75, 3.05) is 5.75 Å². The maximum absolute atomic E-state index is 11.9. The van der Waals surface area contributed by atoms with E-state index in [1.165, 1.54) is 11.8 Å². The molecule has 0 spiro atoms. The minimum absolute atomic E-state index is 0.0867. The summed E-state index contributed by atoms with van der Waals surface area (Å²) >= 11 is 3.05. The molecule has 0 radical (unpaired) electrons. The SMILES string of the molecule is CC(=CNNC(=O)CSc1nc2ccccc2s1)c1ccccc1. The van der Waals surface area contributed by atoms with Gasteiger partial charge in [-0.3, -0.25) is 10.2 Å². The molecule has 3 rings (SSSR count). The minimum Gasteiger partial charge on any atom is -0.306 e. The molecule has 0 unspecified atom stereocenters. The molecule has 0 aliphatic rings. The monoisotopic (exact) mass is 355 g/mol. The van der Waals surface area contributed by atoms with Gasteiger partial charge < -0.3 is 5.43 Å². The molecule has 1 heterocycles. The summed E-state index contributed by atoms with van der Waals surface area (Å²) in [7, 11) is 0. The molecule has 0 saturated carbocycles. The van der Waals surface area contributed by atoms with Crippen LogP contribution in [0, 0.1) is 0 Å². The van der Waals surface area contributed by atoms with Gasteiger partial charge in [0.25, 0.3) is 0 Å². The van der Waals surface area contributed by atoms with Crippen LogP contribution in [0.5, 0.6) is 0 Å². The zero-order chi connectivity index (χ0) is 16.8. The molecular weight excluding hydrogens is 338 g/mol. The first kappa shape index (κ1) is 16.5. The molecule has 0 aliphatic heterocycles. The summed E-state index contributed by atoms with van der Waals surface area (Å²) in [6.07, 6.45) is 1.79. The van der Waals surface area contributed by atoms with Gasteiger partial charge in [-0.05, 0) is 30.2 Å². The van der Waals surface area contributed by atoms with Gasteiger partial charge in [-0.25, -0.2) is 4.98 Å². The Morgan fingerprint density at radius 1 is 1.17 bits per heavy atom. The highest BCUT2D eigenvalue weighted by molar-refractivity contribution is 8.01. The van der Waals surface area contributed by atoms with Crippen LogP contribution in [-0.2, 0) is 4.79 Å². The van der Waals surface area contributed by atoms with E-state index in [0.717, 1.165) is 25.7 Å². The summed E-state index contributed by atoms with van der Waals surface area (Å²) < 4.78 is 2.04. The Labute approximate surface area is 149 Å². The molecular formula is C18H17N3OS2. The van der Waals surface area contributed by atoms with Gasteiger partial charge in [0.05, 0.1) is 16.0 Å². The predicted molar refractivity (Wildman–Crippen MR) is 102 cm³/mol. The van der Waals surface area contributed by atoms with Crippen LogP contribution in [0.3, 0.4) is 0 Å². The quantitative estimate of drug-likeness (QED) is 0.517. The number of aromatic nitrogens is 1. The highest BCUT2D eigenvalue weighted by Crippen LogP contribution is 2.28. The number of hydrogen-bond donors (Lipinski definition) is 2. The number of rotatable bonds is 6. The van der Waals surface area contributed by atoms with Gasteiger partial charge in [-0.15, -0.1) is 11.3 Å². The Balaban J connectivity index is 1.47. The van der Waals surface area contributed by atoms with Gasteiger partial charge >= 0.3 is 0 Å². The maximum Gasteiger partial charge on any atom is 0.248 e. The number of carbonyl (C=O) groups excluding carboxylic acids is 1. The van der Waals surface area contributed by atoms with Crippen molar-refractivity contribution in [1.29, 1.82) is 0 Å². The lowest BCUT2D eigenvalue weighted by molar-refractivity contribution is -0.119. The molecule has 122 valence electrons. The summed E-state index contributed by atoms with van der Waals surface area (Å²) in [5, 5.41) is 0. The topological polar surface area (TPSA) is 54.0 Å². The van der Waals surface area contributed by atoms with Crippen LogP contribution in [-0.4, -0.2) is 16.6 Å². The standard InChI is InChI=1S/C18H17N3OS2/c1-13(14-7-3-2-4-8-14)11-19-21-17(22)12-23-18-20-15-9-5-6-10-16(15)24-18/h2-11,19H,12H2,1H3,(H,21,22). The van der Waals surface area contributed by atoms with E-state index in [-0.39, 0.29) is 5.91 Å². The summed E-state index contributed by atoms with van der Waals surface area (Å²) in [6, 6.07) is 18.0. The number of hydrazine groups is 1. The number of thioether (sulfide) groups is 1. The van der Waals surface area contributed by atoms with E-state index in [1.807, 2.05) is 61.5 Å². The zero-order valence-corrected chi connectivity index (χ0v) is 14.8. The van der Waals surface area contributed by atoms with Crippen LogP contribution in [0.15, 0.2) is 65.1 Å². The first-order valence-corrected chi connectivity index (χ1v) is 9.27. The first-order chi connectivity index (χ1) is 11.7. The minimum atomic E-state index is -0.0867. The first-order valence-electron chi connectivity index (χ1n) is 7.47. The number of allylic oxidation sites excluding steroid dienone is 1. The van der Waals surface area contributed by atoms with Gasteiger partial charge in [0.2, 0.25) is 5.91 Å². The van der Waals surface area contributed by atoms with E-state index in [1.54, 1.807) is 17.5 Å². The lowest BCUT2D eigenvalue weighted by Crippen LogP contribution is -2.35. The number of nitrogens with one attached hydrogen (secondary N) is 2. The van der Waals surface area contributed by atoms with Crippen molar-refractivity contribution in [3.8, 4) is 0 Å². The third-order valence-electron chi connectivity index (χ3n) is 3.33. The second kappa shape index (κ2) is 7.99. The molecule has 0 fully saturated rings. The van der Waals surface area contributed by atoms with Crippen molar-refractivity contribution in [2.24, 2.45) is 0 Å². The molecule has 0 atom stereocenters. The molecule has 1 aromatic heterocycles. The summed E-state index contributed by atoms with van der Waals surface area (Å²) in [5.41, 5.74) is 8.67. The Bertz CT molecular complexity index is 826. The lowest BCUT2D eigenvalue weighted by Gasteiger charge is -2.06. The number of nitrogens with zero attached hydrogens (tertiary/aromatic N) is 1. The van der Waals surface area contributed by atoms with Gasteiger partial charge in [-0.2, -0.15) is 0 Å². The number of carbonyl (C=O) groups is 1. The second-order valence-corrected chi connectivity index (χ2v) is 7.38. The van der Waals surface area contributed by atoms with E-state index >= 15 is 0 Å². The van der Waals surface area contributed by atoms with Crippen LogP contribution in [0.25, 0.3) is 15.8 Å². The van der Waals surface area contributed by atoms with E-state index in [4.69, 9.17) is 0 Å². The Kier molecular flexibility index (Phi) is 5.51. The van der Waals surface area contributed by atoms with Gasteiger partial charge in [0, 0.05) is 6.20 Å². The number of fused-ring (bicyclic) bond motifs is 1. The predicted octanol–water partition coefficient (Wildman–Crippen LogP) is 4.07. The van der Waals surface area contributed by atoms with Crippen LogP contribution >= 0.6 is 23.1 Å². The van der Waals surface area contributed by atoms with Gasteiger partial charge in [-0.1, -0.05) is 54.2 Å². The second-order valence-electron chi connectivity index (χ2n) is 5.12. The molecule has 2 N–H and O–H groups in total. The molecule has 2 aromatic carbocycles. The Morgan fingerprint density at radius 3 is 2.71 bits per heavy atom. The molecule has 4 nitrogen and oxygen atoms in total. The van der Waals surface area contributed by atoms with E-state index in [0.29, 0.717) is 5.75 Å². The normalized spacial score (nSPS) is 11.5. The number of thiazole rings is 1. The van der Waals surface area contributed by atoms with Crippen LogP contribution in [0.4, 0.5) is 0 Å². The molecule has 6 heteroatoms. The van der Waals surface area contributed by atoms with Crippen molar-refractivity contribution in [3.63, 3.8) is 0 Å². The maximum atomic E-state index is 11.9. The third-order valence-corrected chi connectivity index (χ3v) is 5.51. The van der Waals surface area contributed by atoms with Crippen molar-refractivity contribution >= 4 is 44.8 Å². The fourth-order valence-corrected chi connectivity index (χ4v) is 3.95. The van der Waals surface area contributed by atoms with Crippen LogP contribution in [0.2, 0.25) is 0 Å². The highest BCUT2D eigenvalue weighted by atomic mass is 32.2. The summed E-state index contributed by atoms with van der Waals surface area (Å²) in [5.74, 6) is 0.238. The smallest absolute Gasteiger partial charge is 0.248 e. The Hall–Kier alpha value is -2.31. The molecule has 1 amide bonds. The summed E-state index contributed by atoms with van der Waals surface area (Å²) in [4.78, 5) is 16.4. The molecule has 0 bridgehead atoms. The van der Waals surface area contributed by atoms with E-state index in [9.17, 15) is 4.79 Å². The molecule has 0 saturated heterocycles. The number of para-hydroxylation sites is 1. The van der Waals surface area contributed by atoms with Crippen molar-refractivity contribution in [3.05, 3.63) is 66.4 Å². The lowest BCUT2D eigenvalue weighted by atomic mass is 10.1. The van der Waals surface area contributed by atoms with Crippen molar-refractivity contribution in [1.82, 2.24) is 15.8 Å². The van der Waals surface area contributed by atoms with E-state index in [2.05, 4.69) is 15.8 Å². The number of benzene rings is 2. The van der Waals surface area contributed by atoms with Crippen LogP contribution in [0.1, 0.15) is 12.5 Å². The van der Waals surface area contributed by atoms with Crippen molar-refractivity contribution < 1.29 is 4.79 Å². The highest BCUT2D eigenvalue weighted by Gasteiger charge is 2.07. The average molecular weight is 355 g/mol. The Morgan fingerprint density at radius 2 is 1.92 bits per heavy atom. The molecule has 0 aliphatic carbocycles. The average Bonchev–Trinajstić information content (AvgIpc) is 3.03. The fourth-order valence-electron chi connectivity index (χ4n) is 2.09. The number of amides is 1. The molecule has 24 heavy (non-hydrogen) atoms. The largest absolute Gasteiger partial charge is 0.306 e. The van der Waals surface area contributed by atoms with Gasteiger partial charge in [0.1, 0.15) is 0 Å². The van der Waals surface area contributed by atoms with Crippen LogP contribution < -0.4 is 10.9 Å². The van der Waals surface area contributed by atoms with Crippen molar-refractivity contribution in [2.45, 2.75) is 11.3 Å². The fraction of sp³-hybridized carbons (Fsp3) is 0.111. The third kappa shape index (κ3) is 4.37.